The molecule has 0 bridgehead atoms. The van der Waals surface area contributed by atoms with Crippen LogP contribution in [0.2, 0.25) is 5.02 Å². The van der Waals surface area contributed by atoms with E-state index in [1.54, 1.807) is 7.11 Å². The minimum Gasteiger partial charge on any atom is -0.496 e. The molecule has 0 saturated carbocycles. The summed E-state index contributed by atoms with van der Waals surface area (Å²) in [7, 11) is 1.65. The van der Waals surface area contributed by atoms with Gasteiger partial charge in [-0.05, 0) is 37.6 Å². The molecule has 0 aromatic heterocycles. The number of halogens is 1. The Bertz CT molecular complexity index is 389. The van der Waals surface area contributed by atoms with Gasteiger partial charge in [0.25, 0.3) is 0 Å². The van der Waals surface area contributed by atoms with Crippen molar-refractivity contribution >= 4 is 11.6 Å². The van der Waals surface area contributed by atoms with Gasteiger partial charge in [0.2, 0.25) is 0 Å². The van der Waals surface area contributed by atoms with Crippen molar-refractivity contribution in [2.24, 2.45) is 0 Å². The molecule has 0 aliphatic carbocycles. The number of methoxy groups -OCH3 is 1. The number of nitrogens with one attached hydrogen (secondary N) is 1. The molecule has 0 amide bonds. The Morgan fingerprint density at radius 2 is 2.35 bits per heavy atom. The number of hydrogen-bond donors (Lipinski definition) is 2. The first kappa shape index (κ1) is 12.7. The molecule has 1 unspecified atom stereocenters. The van der Waals surface area contributed by atoms with Crippen LogP contribution < -0.4 is 10.1 Å². The van der Waals surface area contributed by atoms with Crippen LogP contribution in [-0.4, -0.2) is 31.9 Å². The van der Waals surface area contributed by atoms with Crippen LogP contribution in [0.4, 0.5) is 0 Å². The normalized spacial score (nSPS) is 24.6. The van der Waals surface area contributed by atoms with E-state index >= 15 is 0 Å². The summed E-state index contributed by atoms with van der Waals surface area (Å²) in [5.41, 5.74) is 0.733. The quantitative estimate of drug-likeness (QED) is 0.868. The fourth-order valence-electron chi connectivity index (χ4n) is 2.51. The van der Waals surface area contributed by atoms with Crippen molar-refractivity contribution < 1.29 is 9.84 Å². The smallest absolute Gasteiger partial charge is 0.122 e. The standard InChI is InChI=1S/C13H18ClNO2/c1-17-12-4-3-10(14)7-11(12)13(9-16)5-2-6-15-8-13/h3-4,7,15-16H,2,5-6,8-9H2,1H3. The van der Waals surface area contributed by atoms with Gasteiger partial charge >= 0.3 is 0 Å². The first-order chi connectivity index (χ1) is 8.22. The van der Waals surface area contributed by atoms with E-state index in [-0.39, 0.29) is 12.0 Å². The largest absolute Gasteiger partial charge is 0.496 e. The molecule has 1 aromatic rings. The zero-order valence-electron chi connectivity index (χ0n) is 10.0. The van der Waals surface area contributed by atoms with E-state index in [9.17, 15) is 5.11 Å². The Morgan fingerprint density at radius 3 is 2.94 bits per heavy atom. The SMILES string of the molecule is COc1ccc(Cl)cc1C1(CO)CCCNC1. The van der Waals surface area contributed by atoms with Crippen LogP contribution in [0, 0.1) is 0 Å². The summed E-state index contributed by atoms with van der Waals surface area (Å²) >= 11 is 6.05. The molecule has 1 saturated heterocycles. The van der Waals surface area contributed by atoms with Crippen molar-refractivity contribution in [1.82, 2.24) is 5.32 Å². The van der Waals surface area contributed by atoms with Crippen LogP contribution in [-0.2, 0) is 5.41 Å². The first-order valence-corrected chi connectivity index (χ1v) is 6.25. The van der Waals surface area contributed by atoms with E-state index in [1.807, 2.05) is 18.2 Å². The van der Waals surface area contributed by atoms with Gasteiger partial charge in [0.05, 0.1) is 13.7 Å². The van der Waals surface area contributed by atoms with Crippen molar-refractivity contribution in [3.8, 4) is 5.75 Å². The van der Waals surface area contributed by atoms with E-state index < -0.39 is 0 Å². The van der Waals surface area contributed by atoms with Crippen LogP contribution in [0.15, 0.2) is 18.2 Å². The third kappa shape index (κ3) is 2.41. The maximum Gasteiger partial charge on any atom is 0.122 e. The van der Waals surface area contributed by atoms with E-state index in [0.717, 1.165) is 37.2 Å². The minimum absolute atomic E-state index is 0.108. The maximum atomic E-state index is 9.77. The number of rotatable bonds is 3. The predicted octanol–water partition coefficient (Wildman–Crippen LogP) is 1.96. The fourth-order valence-corrected chi connectivity index (χ4v) is 2.68. The van der Waals surface area contributed by atoms with Crippen molar-refractivity contribution in [1.29, 1.82) is 0 Å². The molecule has 0 radical (unpaired) electrons. The lowest BCUT2D eigenvalue weighted by atomic mass is 9.75. The molecule has 17 heavy (non-hydrogen) atoms. The van der Waals surface area contributed by atoms with Crippen LogP contribution >= 0.6 is 11.6 Å². The molecule has 1 fully saturated rings. The highest BCUT2D eigenvalue weighted by Crippen LogP contribution is 2.38. The van der Waals surface area contributed by atoms with E-state index in [0.29, 0.717) is 5.02 Å². The number of piperidine rings is 1. The molecule has 0 spiro atoms. The van der Waals surface area contributed by atoms with Gasteiger partial charge in [0.15, 0.2) is 0 Å². The molecular formula is C13H18ClNO2. The van der Waals surface area contributed by atoms with Crippen molar-refractivity contribution in [3.05, 3.63) is 28.8 Å². The average Bonchev–Trinajstić information content (AvgIpc) is 2.39. The summed E-state index contributed by atoms with van der Waals surface area (Å²) < 4.78 is 5.38. The molecule has 2 rings (SSSR count). The number of aliphatic hydroxyl groups excluding tert-OH is 1. The van der Waals surface area contributed by atoms with Gasteiger partial charge in [-0.2, -0.15) is 0 Å². The monoisotopic (exact) mass is 255 g/mol. The average molecular weight is 256 g/mol. The summed E-state index contributed by atoms with van der Waals surface area (Å²) in [5, 5.41) is 13.8. The van der Waals surface area contributed by atoms with Gasteiger partial charge in [0.1, 0.15) is 5.75 Å². The molecule has 1 atom stereocenters. The summed E-state index contributed by atoms with van der Waals surface area (Å²) in [6.45, 7) is 1.88. The highest BCUT2D eigenvalue weighted by atomic mass is 35.5. The predicted molar refractivity (Wildman–Crippen MR) is 68.9 cm³/mol. The Balaban J connectivity index is 2.44. The zero-order chi connectivity index (χ0) is 12.3. The van der Waals surface area contributed by atoms with E-state index in [1.165, 1.54) is 0 Å². The van der Waals surface area contributed by atoms with Crippen LogP contribution in [0.25, 0.3) is 0 Å². The van der Waals surface area contributed by atoms with Gasteiger partial charge in [0, 0.05) is 22.5 Å². The Kier molecular flexibility index (Phi) is 3.92. The number of aliphatic hydroxyl groups is 1. The van der Waals surface area contributed by atoms with Crippen LogP contribution in [0.1, 0.15) is 18.4 Å². The molecule has 2 N–H and O–H groups in total. The second-order valence-electron chi connectivity index (χ2n) is 4.56. The second-order valence-corrected chi connectivity index (χ2v) is 5.00. The molecule has 1 aromatic carbocycles. The lowest BCUT2D eigenvalue weighted by molar-refractivity contribution is 0.159. The molecule has 94 valence electrons. The summed E-state index contributed by atoms with van der Waals surface area (Å²) in [6.07, 6.45) is 2.00. The van der Waals surface area contributed by atoms with Crippen molar-refractivity contribution in [2.75, 3.05) is 26.8 Å². The summed E-state index contributed by atoms with van der Waals surface area (Å²) in [4.78, 5) is 0. The molecule has 1 aliphatic heterocycles. The van der Waals surface area contributed by atoms with E-state index in [4.69, 9.17) is 16.3 Å². The lowest BCUT2D eigenvalue weighted by Crippen LogP contribution is -2.46. The van der Waals surface area contributed by atoms with Gasteiger partial charge in [-0.25, -0.2) is 0 Å². The molecular weight excluding hydrogens is 238 g/mol. The summed E-state index contributed by atoms with van der Waals surface area (Å²) in [5.74, 6) is 0.798. The van der Waals surface area contributed by atoms with Crippen molar-refractivity contribution in [2.45, 2.75) is 18.3 Å². The number of ether oxygens (including phenoxy) is 1. The Morgan fingerprint density at radius 1 is 1.53 bits per heavy atom. The zero-order valence-corrected chi connectivity index (χ0v) is 10.8. The fraction of sp³-hybridized carbons (Fsp3) is 0.538. The molecule has 4 heteroatoms. The van der Waals surface area contributed by atoms with Crippen LogP contribution in [0.5, 0.6) is 5.75 Å². The van der Waals surface area contributed by atoms with Gasteiger partial charge < -0.3 is 15.2 Å². The topological polar surface area (TPSA) is 41.5 Å². The van der Waals surface area contributed by atoms with Crippen molar-refractivity contribution in [3.63, 3.8) is 0 Å². The highest BCUT2D eigenvalue weighted by molar-refractivity contribution is 6.30. The third-order valence-electron chi connectivity index (χ3n) is 3.51. The molecule has 1 aliphatic rings. The third-order valence-corrected chi connectivity index (χ3v) is 3.74. The van der Waals surface area contributed by atoms with E-state index in [2.05, 4.69) is 5.32 Å². The van der Waals surface area contributed by atoms with Crippen LogP contribution in [0.3, 0.4) is 0 Å². The summed E-state index contributed by atoms with van der Waals surface area (Å²) in [6, 6.07) is 5.58. The molecule has 3 nitrogen and oxygen atoms in total. The maximum absolute atomic E-state index is 9.77. The number of benzene rings is 1. The second kappa shape index (κ2) is 5.25. The minimum atomic E-state index is -0.269. The van der Waals surface area contributed by atoms with Gasteiger partial charge in [-0.15, -0.1) is 0 Å². The Hall–Kier alpha value is -0.770. The van der Waals surface area contributed by atoms with Gasteiger partial charge in [-0.1, -0.05) is 11.6 Å². The first-order valence-electron chi connectivity index (χ1n) is 5.87. The Labute approximate surface area is 107 Å². The molecule has 1 heterocycles. The highest BCUT2D eigenvalue weighted by Gasteiger charge is 2.35. The lowest BCUT2D eigenvalue weighted by Gasteiger charge is -2.37. The van der Waals surface area contributed by atoms with Gasteiger partial charge in [-0.3, -0.25) is 0 Å². The number of hydrogen-bond acceptors (Lipinski definition) is 3.